The van der Waals surface area contributed by atoms with E-state index in [0.717, 1.165) is 22.5 Å². The molecule has 1 atom stereocenters. The third-order valence-electron chi connectivity index (χ3n) is 3.48. The van der Waals surface area contributed by atoms with Gasteiger partial charge in [-0.25, -0.2) is 0 Å². The summed E-state index contributed by atoms with van der Waals surface area (Å²) in [5, 5.41) is 1.98. The lowest BCUT2D eigenvalue weighted by atomic mass is 10.1. The van der Waals surface area contributed by atoms with Gasteiger partial charge in [0.05, 0.1) is 4.88 Å². The number of carbonyl (C=O) groups is 1. The topological polar surface area (TPSA) is 20.3 Å². The van der Waals surface area contributed by atoms with Crippen molar-refractivity contribution in [1.29, 1.82) is 0 Å². The van der Waals surface area contributed by atoms with Crippen LogP contribution in [0.15, 0.2) is 35.7 Å². The molecule has 0 fully saturated rings. The maximum absolute atomic E-state index is 12.6. The van der Waals surface area contributed by atoms with Crippen molar-refractivity contribution in [2.45, 2.75) is 26.3 Å². The first-order valence-corrected chi connectivity index (χ1v) is 7.02. The lowest BCUT2D eigenvalue weighted by Gasteiger charge is -2.22. The van der Waals surface area contributed by atoms with E-state index in [4.69, 9.17) is 0 Å². The summed E-state index contributed by atoms with van der Waals surface area (Å²) >= 11 is 1.53. The average Bonchev–Trinajstić information content (AvgIpc) is 2.91. The van der Waals surface area contributed by atoms with Crippen LogP contribution in [0.4, 0.5) is 5.69 Å². The van der Waals surface area contributed by atoms with Crippen molar-refractivity contribution in [3.63, 3.8) is 0 Å². The highest BCUT2D eigenvalue weighted by Gasteiger charge is 2.32. The quantitative estimate of drug-likeness (QED) is 0.763. The fraction of sp³-hybridized carbons (Fsp3) is 0.267. The van der Waals surface area contributed by atoms with Crippen molar-refractivity contribution in [2.24, 2.45) is 0 Å². The molecule has 2 heterocycles. The second-order valence-electron chi connectivity index (χ2n) is 4.79. The minimum absolute atomic E-state index is 0.139. The van der Waals surface area contributed by atoms with Crippen molar-refractivity contribution in [2.75, 3.05) is 4.90 Å². The molecular formula is C15H15NOS. The van der Waals surface area contributed by atoms with E-state index in [1.165, 1.54) is 16.9 Å². The van der Waals surface area contributed by atoms with Crippen LogP contribution >= 0.6 is 11.3 Å². The summed E-state index contributed by atoms with van der Waals surface area (Å²) in [6.07, 6.45) is 0.951. The third kappa shape index (κ3) is 1.66. The predicted octanol–water partition coefficient (Wildman–Crippen LogP) is 3.65. The molecule has 0 bridgehead atoms. The molecule has 1 aliphatic heterocycles. The van der Waals surface area contributed by atoms with Gasteiger partial charge in [0.25, 0.3) is 5.91 Å². The molecule has 18 heavy (non-hydrogen) atoms. The Balaban J connectivity index is 2.03. The molecule has 2 aromatic rings. The summed E-state index contributed by atoms with van der Waals surface area (Å²) in [6.45, 7) is 4.11. The monoisotopic (exact) mass is 257 g/mol. The lowest BCUT2D eigenvalue weighted by molar-refractivity contribution is 0.0985. The number of rotatable bonds is 1. The van der Waals surface area contributed by atoms with E-state index in [2.05, 4.69) is 13.0 Å². The number of benzene rings is 1. The fourth-order valence-corrected chi connectivity index (χ4v) is 3.44. The van der Waals surface area contributed by atoms with Crippen LogP contribution in [0.1, 0.15) is 27.7 Å². The predicted molar refractivity (Wildman–Crippen MR) is 75.5 cm³/mol. The molecule has 1 aromatic carbocycles. The summed E-state index contributed by atoms with van der Waals surface area (Å²) in [4.78, 5) is 15.4. The standard InChI is InChI=1S/C15H15NOS/c1-10-7-8-18-14(10)15(17)16-11(2)9-12-5-3-4-6-13(12)16/h3-8,11H,9H2,1-2H3/t11-/m1/s1. The van der Waals surface area contributed by atoms with Crippen LogP contribution in [0.3, 0.4) is 0 Å². The van der Waals surface area contributed by atoms with Gasteiger partial charge >= 0.3 is 0 Å². The summed E-state index contributed by atoms with van der Waals surface area (Å²) in [6, 6.07) is 10.4. The molecule has 0 spiro atoms. The van der Waals surface area contributed by atoms with E-state index in [1.807, 2.05) is 41.5 Å². The second kappa shape index (κ2) is 4.25. The Hall–Kier alpha value is -1.61. The van der Waals surface area contributed by atoms with Crippen LogP contribution in [0, 0.1) is 6.92 Å². The van der Waals surface area contributed by atoms with Gasteiger partial charge in [0.2, 0.25) is 0 Å². The van der Waals surface area contributed by atoms with Crippen LogP contribution < -0.4 is 4.90 Å². The van der Waals surface area contributed by atoms with Crippen molar-refractivity contribution in [1.82, 2.24) is 0 Å². The van der Waals surface area contributed by atoms with Gasteiger partial charge < -0.3 is 4.90 Å². The van der Waals surface area contributed by atoms with Gasteiger partial charge in [0.1, 0.15) is 0 Å². The SMILES string of the molecule is Cc1ccsc1C(=O)N1c2ccccc2C[C@H]1C. The highest BCUT2D eigenvalue weighted by Crippen LogP contribution is 2.34. The van der Waals surface area contributed by atoms with Crippen molar-refractivity contribution in [3.8, 4) is 0 Å². The Labute approximate surface area is 111 Å². The first kappa shape index (κ1) is 11.5. The molecule has 2 nitrogen and oxygen atoms in total. The van der Waals surface area contributed by atoms with Crippen molar-refractivity contribution >= 4 is 22.9 Å². The number of anilines is 1. The largest absolute Gasteiger partial charge is 0.304 e. The van der Waals surface area contributed by atoms with Crippen LogP contribution in [0.25, 0.3) is 0 Å². The number of hydrogen-bond acceptors (Lipinski definition) is 2. The van der Waals surface area contributed by atoms with Crippen LogP contribution in [0.5, 0.6) is 0 Å². The molecule has 92 valence electrons. The summed E-state index contributed by atoms with van der Waals surface area (Å²) in [5.41, 5.74) is 3.41. The van der Waals surface area contributed by atoms with E-state index in [1.54, 1.807) is 0 Å². The van der Waals surface area contributed by atoms with Gasteiger partial charge in [-0.2, -0.15) is 0 Å². The van der Waals surface area contributed by atoms with Gasteiger partial charge in [0, 0.05) is 11.7 Å². The molecule has 3 heteroatoms. The van der Waals surface area contributed by atoms with Gasteiger partial charge in [-0.1, -0.05) is 18.2 Å². The molecule has 0 radical (unpaired) electrons. The summed E-state index contributed by atoms with van der Waals surface area (Å²) in [7, 11) is 0. The fourth-order valence-electron chi connectivity index (χ4n) is 2.58. The maximum Gasteiger partial charge on any atom is 0.268 e. The van der Waals surface area contributed by atoms with Crippen LogP contribution in [-0.2, 0) is 6.42 Å². The molecule has 0 N–H and O–H groups in total. The van der Waals surface area contributed by atoms with Gasteiger partial charge in [-0.3, -0.25) is 4.79 Å². The van der Waals surface area contributed by atoms with Gasteiger partial charge in [0.15, 0.2) is 0 Å². The van der Waals surface area contributed by atoms with Gasteiger partial charge in [-0.15, -0.1) is 11.3 Å². The number of para-hydroxylation sites is 1. The number of thiophene rings is 1. The molecule has 0 saturated carbocycles. The highest BCUT2D eigenvalue weighted by atomic mass is 32.1. The molecule has 1 aromatic heterocycles. The lowest BCUT2D eigenvalue weighted by Crippen LogP contribution is -2.35. The number of nitrogens with zero attached hydrogens (tertiary/aromatic N) is 1. The van der Waals surface area contributed by atoms with Gasteiger partial charge in [-0.05, 0) is 48.9 Å². The highest BCUT2D eigenvalue weighted by molar-refractivity contribution is 7.12. The number of hydrogen-bond donors (Lipinski definition) is 0. The molecular weight excluding hydrogens is 242 g/mol. The zero-order chi connectivity index (χ0) is 12.7. The minimum atomic E-state index is 0.139. The zero-order valence-electron chi connectivity index (χ0n) is 10.5. The van der Waals surface area contributed by atoms with E-state index in [-0.39, 0.29) is 11.9 Å². The summed E-state index contributed by atoms with van der Waals surface area (Å²) < 4.78 is 0. The van der Waals surface area contributed by atoms with Crippen molar-refractivity contribution < 1.29 is 4.79 Å². The molecule has 1 aliphatic rings. The van der Waals surface area contributed by atoms with Crippen LogP contribution in [-0.4, -0.2) is 11.9 Å². The number of carbonyl (C=O) groups excluding carboxylic acids is 1. The van der Waals surface area contributed by atoms with E-state index in [9.17, 15) is 4.79 Å². The van der Waals surface area contributed by atoms with E-state index >= 15 is 0 Å². The molecule has 3 rings (SSSR count). The molecule has 0 aliphatic carbocycles. The first-order chi connectivity index (χ1) is 8.68. The average molecular weight is 257 g/mol. The third-order valence-corrected chi connectivity index (χ3v) is 4.49. The number of amides is 1. The Kier molecular flexibility index (Phi) is 2.71. The Bertz CT molecular complexity index is 602. The maximum atomic E-state index is 12.6. The molecule has 1 amide bonds. The number of aryl methyl sites for hydroxylation is 1. The zero-order valence-corrected chi connectivity index (χ0v) is 11.3. The van der Waals surface area contributed by atoms with Crippen LogP contribution in [0.2, 0.25) is 0 Å². The van der Waals surface area contributed by atoms with E-state index in [0.29, 0.717) is 0 Å². The molecule has 0 unspecified atom stereocenters. The Morgan fingerprint density at radius 1 is 1.33 bits per heavy atom. The van der Waals surface area contributed by atoms with E-state index < -0.39 is 0 Å². The normalized spacial score (nSPS) is 17.9. The smallest absolute Gasteiger partial charge is 0.268 e. The second-order valence-corrected chi connectivity index (χ2v) is 5.71. The Morgan fingerprint density at radius 3 is 2.83 bits per heavy atom. The summed E-state index contributed by atoms with van der Waals surface area (Å²) in [5.74, 6) is 0.139. The first-order valence-electron chi connectivity index (χ1n) is 6.14. The molecule has 0 saturated heterocycles. The number of fused-ring (bicyclic) bond motifs is 1. The van der Waals surface area contributed by atoms with Crippen molar-refractivity contribution in [3.05, 3.63) is 51.7 Å². The Morgan fingerprint density at radius 2 is 2.11 bits per heavy atom. The minimum Gasteiger partial charge on any atom is -0.304 e.